The van der Waals surface area contributed by atoms with Crippen LogP contribution in [-0.2, 0) is 270 Å². The Kier molecular flexibility index (Phi) is 93.2. The summed E-state index contributed by atoms with van der Waals surface area (Å²) in [6, 6.07) is 0. The molecule has 784 valence electrons. The molecule has 35 atom stereocenters. The van der Waals surface area contributed by atoms with E-state index in [1.54, 1.807) is 0 Å². The number of aliphatic hydroxyl groups is 7. The predicted molar refractivity (Wildman–Crippen MR) is 348 cm³/mol. The topological polar surface area (TPSA) is 1200 Å². The van der Waals surface area contributed by atoms with Gasteiger partial charge in [0.05, 0.1) is 46.2 Å². The van der Waals surface area contributed by atoms with Crippen molar-refractivity contribution in [2.45, 2.75) is 215 Å². The number of rotatable bonds is 35. The van der Waals surface area contributed by atoms with Gasteiger partial charge in [-0.15, -0.1) is 0 Å². The van der Waals surface area contributed by atoms with Gasteiger partial charge in [0.1, 0.15) is 128 Å². The third-order valence-electron chi connectivity index (χ3n) is 17.6. The summed E-state index contributed by atoms with van der Waals surface area (Å²) >= 11 is 0. The van der Waals surface area contributed by atoms with Crippen LogP contribution in [0.4, 0.5) is 0 Å². The van der Waals surface area contributed by atoms with Gasteiger partial charge in [-0.3, -0.25) is 58.6 Å². The molecule has 105 heteroatoms. The van der Waals surface area contributed by atoms with Crippen molar-refractivity contribution in [2.24, 2.45) is 0 Å². The molecule has 21 rings (SSSR count). The van der Waals surface area contributed by atoms with Crippen LogP contribution in [0.15, 0.2) is 0 Å². The van der Waals surface area contributed by atoms with Crippen LogP contribution in [0.1, 0.15) is 0 Å². The summed E-state index contributed by atoms with van der Waals surface area (Å²) in [5.41, 5.74) is 0. The molecule has 21 saturated heterocycles. The second kappa shape index (κ2) is 76.1. The number of ether oxygens (including phenoxy) is 14. The maximum atomic E-state index is 12.7. The molecule has 21 aliphatic heterocycles. The van der Waals surface area contributed by atoms with Crippen molar-refractivity contribution in [3.05, 3.63) is 0 Å². The third kappa shape index (κ3) is 63.7. The van der Waals surface area contributed by atoms with E-state index in [4.69, 9.17) is 66.3 Å². The molecule has 21 heterocycles. The van der Waals surface area contributed by atoms with E-state index in [0.29, 0.717) is 0 Å². The summed E-state index contributed by atoms with van der Waals surface area (Å²) in [4.78, 5) is 0. The standard InChI is InChI=1S/C42H70O77S14.14K/c43-15-22-8(1-92-120(50,51)52)99-36(29(15)113-127(71,72)73)107-23-9(2-93-121(53,54)55)101-38(31(16(23)44)115-129(77,78)79)109-25-11(4-95-123(59,60)61)103-40(33(18(25)46)117-131(83,84)85)111-27-13(6-97-125(65,66)67)105-42(35(20(27)48)119-133(89,90)91)112-28-14(7-98-126(68,69)70)104-41(34(21(28)49)118-132(86,87)88)110-26-12(5-96-124(62,63)64)102-39(32(19(26)47)116-130(80,81)82)108-24-10(3-94-122(56,57)58)100-37(106-22)30(17(24)45)114-128(74,75)76;;;;;;;;;;;;;;/h8-49H,1-7H2,(H,50,51,52)(H,53,54,55)(H,56,57,58)(H,59,60,61)(H,62,63,64)(H,65,66,67)(H,68,69,70)(H,71,72,73)(H,74,75,76)(H,77,78,79)(H,80,81,82)(H,83,84,85)(H,86,87,88)(H,89,90,91);;;;;;;;;;;;;;/q;14*+1/p-14/t8?,9?,10?,11?,12?,13?,14?,15?,16?,17?,18?,19?,20?,21?,22-,23-,24-,25-,26-,27-,28-,29?,30?,31?,32?,33?,34?,35?,36-,37-,38-,39-,40-,41-,42+;;;;;;;;;;;;;;/m1............../s1. The van der Waals surface area contributed by atoms with Gasteiger partial charge in [-0.1, -0.05) is 0 Å². The average molecular weight is 2790 g/mol. The molecule has 0 radical (unpaired) electrons. The number of hydrogen-bond donors (Lipinski definition) is 7. The Morgan fingerprint density at radius 3 is 0.299 bits per heavy atom. The Morgan fingerprint density at radius 2 is 0.231 bits per heavy atom. The van der Waals surface area contributed by atoms with Crippen LogP contribution in [0.3, 0.4) is 0 Å². The Labute approximate surface area is 1430 Å². The molecular weight excluding hydrogens is 2730 g/mol. The van der Waals surface area contributed by atoms with Crippen LogP contribution in [-0.4, -0.2) is 479 Å². The largest absolute Gasteiger partial charge is 1.00 e. The summed E-state index contributed by atoms with van der Waals surface area (Å²) in [6.07, 6.45) is -125. The van der Waals surface area contributed by atoms with Gasteiger partial charge < -0.3 is 166 Å². The van der Waals surface area contributed by atoms with Gasteiger partial charge in [0.25, 0.3) is 0 Å². The molecule has 77 nitrogen and oxygen atoms in total. The van der Waals surface area contributed by atoms with E-state index in [-0.39, 0.29) is 719 Å². The van der Waals surface area contributed by atoms with Crippen molar-refractivity contribution in [3.8, 4) is 0 Å². The van der Waals surface area contributed by atoms with E-state index in [2.05, 4.69) is 58.6 Å². The predicted octanol–water partition coefficient (Wildman–Crippen LogP) is -64.4. The van der Waals surface area contributed by atoms with E-state index in [1.165, 1.54) is 0 Å². The monoisotopic (exact) mass is 2790 g/mol. The fourth-order valence-corrected chi connectivity index (χ4v) is 18.4. The van der Waals surface area contributed by atoms with Crippen molar-refractivity contribution < 1.29 is 1060 Å². The van der Waals surface area contributed by atoms with Crippen LogP contribution >= 0.6 is 0 Å². The van der Waals surface area contributed by atoms with E-state index in [1.807, 2.05) is 0 Å². The average Bonchev–Trinajstić information content (AvgIpc) is 0.886. The SMILES string of the molecule is O=S(=O)([O-])OCC1O[C@@H]2O[C@@H]3C(COS(=O)(=O)[O-])O[C@H](O[C@@H]4C(COS(=O)(=O)[O-])O[C@@H](O[C@@H]5C(COS(=O)(=O)[O-])O[C@H](O[C@@H]6C(COS(=O)(=O)[O-])O[C@H](O[C@@H]7C(COS(=O)(=O)[O-])O[C@H](O[C@@H]8C(COS(=O)(=O)[O-])O[C@H](O[C@H]1C(O)C2OS(=O)(=O)[O-])C(OS(=O)(=O)[O-])C8O)C(OS(=O)(=O)[O-])C7O)C(OS(=O)(=O)[O-])C6O)C(OS(=O)(=O)[O-])C5O)C(OS(=O)(=O)[O-])C4O)C(OS(=O)(=O)[O-])C3O.[K+].[K+].[K+].[K+].[K+].[K+].[K+].[K+].[K+].[K+].[K+].[K+].[K+].[K+]. The van der Waals surface area contributed by atoms with Crippen LogP contribution in [0.2, 0.25) is 0 Å². The molecule has 7 N–H and O–H groups in total. The molecule has 21 aliphatic rings. The van der Waals surface area contributed by atoms with Gasteiger partial charge in [-0.05, 0) is 0 Å². The molecule has 0 aromatic rings. The maximum Gasteiger partial charge on any atom is 1.00 e. The molecular formula is C42H56K14O77S14. The second-order valence-electron chi connectivity index (χ2n) is 26.6. The molecule has 0 aromatic heterocycles. The third-order valence-corrected chi connectivity index (χ3v) is 23.8. The Hall–Kier alpha value is 20.2. The summed E-state index contributed by atoms with van der Waals surface area (Å²) in [6.45, 7) is -16.4. The van der Waals surface area contributed by atoms with Crippen LogP contribution < -0.4 is 719 Å². The molecule has 0 aliphatic carbocycles. The zero-order valence-electron chi connectivity index (χ0n) is 76.6. The molecule has 21 fully saturated rings. The van der Waals surface area contributed by atoms with Crippen molar-refractivity contribution in [3.63, 3.8) is 0 Å². The van der Waals surface area contributed by atoms with Gasteiger partial charge in [-0.2, -0.15) is 0 Å². The van der Waals surface area contributed by atoms with Gasteiger partial charge >= 0.3 is 719 Å². The van der Waals surface area contributed by atoms with Crippen molar-refractivity contribution in [1.82, 2.24) is 0 Å². The first kappa shape index (κ1) is 180. The molecule has 147 heavy (non-hydrogen) atoms. The van der Waals surface area contributed by atoms with Crippen LogP contribution in [0, 0.1) is 0 Å². The van der Waals surface area contributed by atoms with Crippen molar-refractivity contribution in [1.29, 1.82) is 0 Å². The Morgan fingerprint density at radius 1 is 0.150 bits per heavy atom. The fourth-order valence-electron chi connectivity index (χ4n) is 13.0. The molecule has 0 amide bonds. The second-order valence-corrected chi connectivity index (χ2v) is 41.0. The summed E-state index contributed by atoms with van der Waals surface area (Å²) < 4.78 is 654. The van der Waals surface area contributed by atoms with Gasteiger partial charge in [0, 0.05) is 0 Å². The quantitative estimate of drug-likeness (QED) is 0.0176. The minimum Gasteiger partial charge on any atom is -0.726 e. The summed E-state index contributed by atoms with van der Waals surface area (Å²) in [5.74, 6) is 0. The van der Waals surface area contributed by atoms with Gasteiger partial charge in [0.15, 0.2) is 86.8 Å². The van der Waals surface area contributed by atoms with Gasteiger partial charge in [-0.25, -0.2) is 118 Å². The summed E-state index contributed by atoms with van der Waals surface area (Å²) in [7, 11) is -93.3. The molecule has 0 aromatic carbocycles. The van der Waals surface area contributed by atoms with Gasteiger partial charge in [0.2, 0.25) is 146 Å². The molecule has 0 spiro atoms. The fraction of sp³-hybridized carbons (Fsp3) is 1.00. The minimum atomic E-state index is -6.86. The normalized spacial score (nSPS) is 35.1. The maximum absolute atomic E-state index is 12.7. The van der Waals surface area contributed by atoms with E-state index < -0.39 is 407 Å². The zero-order chi connectivity index (χ0) is 101. The first-order chi connectivity index (χ1) is 60.0. The Bertz CT molecular complexity index is 4800. The zero-order valence-corrected chi connectivity index (χ0v) is 132. The molecule has 14 bridgehead atoms. The number of hydrogen-bond acceptors (Lipinski definition) is 77. The Balaban J connectivity index is -0.00000280. The first-order valence-corrected chi connectivity index (χ1v) is 52.3. The summed E-state index contributed by atoms with van der Waals surface area (Å²) in [5, 5.41) is 85.0. The van der Waals surface area contributed by atoms with Crippen LogP contribution in [0.5, 0.6) is 0 Å². The van der Waals surface area contributed by atoms with E-state index in [0.717, 1.165) is 0 Å². The van der Waals surface area contributed by atoms with Crippen LogP contribution in [0.25, 0.3) is 0 Å². The number of aliphatic hydroxyl groups excluding tert-OH is 7. The van der Waals surface area contributed by atoms with E-state index in [9.17, 15) is 217 Å². The minimum absolute atomic E-state index is 0. The smallest absolute Gasteiger partial charge is 0.726 e. The van der Waals surface area contributed by atoms with E-state index >= 15 is 0 Å². The van der Waals surface area contributed by atoms with Crippen molar-refractivity contribution >= 4 is 146 Å². The first-order valence-electron chi connectivity index (χ1n) is 33.6. The van der Waals surface area contributed by atoms with Crippen molar-refractivity contribution in [2.75, 3.05) is 46.2 Å². The molecule has 21 unspecified atom stereocenters. The molecule has 0 saturated carbocycles.